The molecule has 3 unspecified atom stereocenters. The Kier molecular flexibility index (Phi) is 4.07. The zero-order valence-corrected chi connectivity index (χ0v) is 10.5. The number of hydrogen-bond acceptors (Lipinski definition) is 1. The second-order valence-corrected chi connectivity index (χ2v) is 5.89. The third kappa shape index (κ3) is 3.48. The third-order valence-corrected chi connectivity index (χ3v) is 4.40. The Bertz CT molecular complexity index is 186. The van der Waals surface area contributed by atoms with E-state index in [0.717, 1.165) is 23.8 Å². The summed E-state index contributed by atoms with van der Waals surface area (Å²) < 4.78 is 0. The standard InChI is InChI=1S/C14H27N/c1-3-4-12-5-6-13(11(2)9-12)10-15-14-7-8-14/h11-15H,3-10H2,1-2H3. The Morgan fingerprint density at radius 2 is 1.93 bits per heavy atom. The van der Waals surface area contributed by atoms with Gasteiger partial charge < -0.3 is 5.32 Å². The van der Waals surface area contributed by atoms with E-state index in [0.29, 0.717) is 0 Å². The van der Waals surface area contributed by atoms with Crippen LogP contribution >= 0.6 is 0 Å². The van der Waals surface area contributed by atoms with E-state index in [2.05, 4.69) is 19.2 Å². The van der Waals surface area contributed by atoms with E-state index < -0.39 is 0 Å². The van der Waals surface area contributed by atoms with Crippen LogP contribution in [0.1, 0.15) is 58.8 Å². The van der Waals surface area contributed by atoms with Crippen molar-refractivity contribution in [2.75, 3.05) is 6.54 Å². The van der Waals surface area contributed by atoms with E-state index in [9.17, 15) is 0 Å². The molecule has 0 heterocycles. The fraction of sp³-hybridized carbons (Fsp3) is 1.00. The van der Waals surface area contributed by atoms with Crippen LogP contribution in [-0.4, -0.2) is 12.6 Å². The van der Waals surface area contributed by atoms with Gasteiger partial charge in [-0.25, -0.2) is 0 Å². The lowest BCUT2D eigenvalue weighted by Crippen LogP contribution is -2.32. The predicted molar refractivity (Wildman–Crippen MR) is 65.9 cm³/mol. The first-order valence-electron chi connectivity index (χ1n) is 7.03. The van der Waals surface area contributed by atoms with Crippen LogP contribution in [0.2, 0.25) is 0 Å². The van der Waals surface area contributed by atoms with Crippen LogP contribution in [0, 0.1) is 17.8 Å². The monoisotopic (exact) mass is 209 g/mol. The minimum atomic E-state index is 0.894. The Morgan fingerprint density at radius 3 is 2.53 bits per heavy atom. The summed E-state index contributed by atoms with van der Waals surface area (Å²) in [6.07, 6.45) is 10.2. The molecule has 0 aromatic heterocycles. The molecule has 1 heteroatoms. The van der Waals surface area contributed by atoms with E-state index in [1.807, 2.05) is 0 Å². The molecule has 0 aromatic carbocycles. The average Bonchev–Trinajstić information content (AvgIpc) is 3.01. The lowest BCUT2D eigenvalue weighted by molar-refractivity contribution is 0.182. The molecule has 0 saturated heterocycles. The summed E-state index contributed by atoms with van der Waals surface area (Å²) in [5.41, 5.74) is 0. The quantitative estimate of drug-likeness (QED) is 0.729. The Hall–Kier alpha value is -0.0400. The van der Waals surface area contributed by atoms with Crippen molar-refractivity contribution in [1.29, 1.82) is 0 Å². The Balaban J connectivity index is 1.68. The van der Waals surface area contributed by atoms with Gasteiger partial charge in [0.2, 0.25) is 0 Å². The van der Waals surface area contributed by atoms with Gasteiger partial charge in [0.15, 0.2) is 0 Å². The van der Waals surface area contributed by atoms with E-state index in [-0.39, 0.29) is 0 Å². The van der Waals surface area contributed by atoms with Crippen molar-refractivity contribution in [1.82, 2.24) is 5.32 Å². The molecule has 2 fully saturated rings. The topological polar surface area (TPSA) is 12.0 Å². The molecule has 0 spiro atoms. The maximum Gasteiger partial charge on any atom is 0.00683 e. The van der Waals surface area contributed by atoms with Gasteiger partial charge in [-0.1, -0.05) is 33.1 Å². The normalized spacial score (nSPS) is 36.8. The van der Waals surface area contributed by atoms with Crippen molar-refractivity contribution in [2.45, 2.75) is 64.8 Å². The summed E-state index contributed by atoms with van der Waals surface area (Å²) in [6, 6.07) is 0.894. The maximum atomic E-state index is 3.70. The summed E-state index contributed by atoms with van der Waals surface area (Å²) >= 11 is 0. The molecule has 0 aliphatic heterocycles. The van der Waals surface area contributed by atoms with Crippen LogP contribution in [0.5, 0.6) is 0 Å². The first-order valence-corrected chi connectivity index (χ1v) is 7.03. The first kappa shape index (κ1) is 11.4. The van der Waals surface area contributed by atoms with Crippen LogP contribution in [0.4, 0.5) is 0 Å². The maximum absolute atomic E-state index is 3.70. The smallest absolute Gasteiger partial charge is 0.00683 e. The van der Waals surface area contributed by atoms with Gasteiger partial charge in [-0.3, -0.25) is 0 Å². The van der Waals surface area contributed by atoms with Crippen molar-refractivity contribution in [3.05, 3.63) is 0 Å². The van der Waals surface area contributed by atoms with Gasteiger partial charge in [0.05, 0.1) is 0 Å². The molecular weight excluding hydrogens is 182 g/mol. The van der Waals surface area contributed by atoms with Gasteiger partial charge >= 0.3 is 0 Å². The molecule has 0 bridgehead atoms. The average molecular weight is 209 g/mol. The number of hydrogen-bond donors (Lipinski definition) is 1. The second kappa shape index (κ2) is 5.34. The van der Waals surface area contributed by atoms with Gasteiger partial charge in [-0.15, -0.1) is 0 Å². The van der Waals surface area contributed by atoms with E-state index >= 15 is 0 Å². The fourth-order valence-electron chi connectivity index (χ4n) is 3.15. The molecule has 0 aromatic rings. The molecular formula is C14H27N. The van der Waals surface area contributed by atoms with Crippen LogP contribution in [0.15, 0.2) is 0 Å². The summed E-state index contributed by atoms with van der Waals surface area (Å²) in [5.74, 6) is 2.97. The van der Waals surface area contributed by atoms with Crippen LogP contribution < -0.4 is 5.32 Å². The molecule has 88 valence electrons. The molecule has 2 aliphatic carbocycles. The molecule has 2 saturated carbocycles. The molecule has 1 N–H and O–H groups in total. The Labute approximate surface area is 95.0 Å². The van der Waals surface area contributed by atoms with Crippen molar-refractivity contribution in [3.8, 4) is 0 Å². The fourth-order valence-corrected chi connectivity index (χ4v) is 3.15. The minimum Gasteiger partial charge on any atom is -0.314 e. The summed E-state index contributed by atoms with van der Waals surface area (Å²) in [5, 5.41) is 3.70. The van der Waals surface area contributed by atoms with Crippen molar-refractivity contribution in [3.63, 3.8) is 0 Å². The predicted octanol–water partition coefficient (Wildman–Crippen LogP) is 3.59. The minimum absolute atomic E-state index is 0.894. The molecule has 2 aliphatic rings. The zero-order valence-electron chi connectivity index (χ0n) is 10.5. The van der Waals surface area contributed by atoms with Crippen LogP contribution in [0.3, 0.4) is 0 Å². The lowest BCUT2D eigenvalue weighted by atomic mass is 9.73. The van der Waals surface area contributed by atoms with Gasteiger partial charge in [0.25, 0.3) is 0 Å². The highest BCUT2D eigenvalue weighted by Gasteiger charge is 2.28. The number of nitrogens with one attached hydrogen (secondary N) is 1. The zero-order chi connectivity index (χ0) is 10.7. The molecule has 3 atom stereocenters. The summed E-state index contributed by atoms with van der Waals surface area (Å²) in [6.45, 7) is 6.09. The van der Waals surface area contributed by atoms with Gasteiger partial charge in [-0.2, -0.15) is 0 Å². The van der Waals surface area contributed by atoms with Crippen LogP contribution in [0.25, 0.3) is 0 Å². The SMILES string of the molecule is CCCC1CCC(CNC2CC2)C(C)C1. The number of rotatable bonds is 5. The van der Waals surface area contributed by atoms with Gasteiger partial charge in [-0.05, 0) is 50.0 Å². The van der Waals surface area contributed by atoms with E-state index in [4.69, 9.17) is 0 Å². The third-order valence-electron chi connectivity index (χ3n) is 4.40. The van der Waals surface area contributed by atoms with Crippen molar-refractivity contribution < 1.29 is 0 Å². The molecule has 2 rings (SSSR count). The molecule has 0 radical (unpaired) electrons. The highest BCUT2D eigenvalue weighted by Crippen LogP contribution is 2.35. The highest BCUT2D eigenvalue weighted by atomic mass is 14.9. The summed E-state index contributed by atoms with van der Waals surface area (Å²) in [4.78, 5) is 0. The molecule has 15 heavy (non-hydrogen) atoms. The second-order valence-electron chi connectivity index (χ2n) is 5.89. The Morgan fingerprint density at radius 1 is 1.13 bits per heavy atom. The first-order chi connectivity index (χ1) is 7.29. The van der Waals surface area contributed by atoms with E-state index in [1.165, 1.54) is 51.5 Å². The van der Waals surface area contributed by atoms with Crippen LogP contribution in [-0.2, 0) is 0 Å². The van der Waals surface area contributed by atoms with Gasteiger partial charge in [0, 0.05) is 6.04 Å². The van der Waals surface area contributed by atoms with Gasteiger partial charge in [0.1, 0.15) is 0 Å². The largest absolute Gasteiger partial charge is 0.314 e. The highest BCUT2D eigenvalue weighted by molar-refractivity contribution is 4.85. The molecule has 1 nitrogen and oxygen atoms in total. The lowest BCUT2D eigenvalue weighted by Gasteiger charge is -2.34. The molecule has 0 amide bonds. The summed E-state index contributed by atoms with van der Waals surface area (Å²) in [7, 11) is 0. The van der Waals surface area contributed by atoms with E-state index in [1.54, 1.807) is 0 Å². The van der Waals surface area contributed by atoms with Crippen molar-refractivity contribution in [2.24, 2.45) is 17.8 Å². The van der Waals surface area contributed by atoms with Crippen molar-refractivity contribution >= 4 is 0 Å².